The van der Waals surface area contributed by atoms with Crippen LogP contribution in [0.3, 0.4) is 0 Å². The summed E-state index contributed by atoms with van der Waals surface area (Å²) in [5, 5.41) is 2.62. The molecule has 1 aliphatic heterocycles. The van der Waals surface area contributed by atoms with Gasteiger partial charge in [-0.1, -0.05) is 13.0 Å². The molecule has 1 fully saturated rings. The molecule has 8 heteroatoms. The highest BCUT2D eigenvalue weighted by Gasteiger charge is 2.34. The summed E-state index contributed by atoms with van der Waals surface area (Å²) < 4.78 is 0. The first-order chi connectivity index (χ1) is 12.8. The minimum Gasteiger partial charge on any atom is -0.384 e. The third-order valence-corrected chi connectivity index (χ3v) is 4.84. The van der Waals surface area contributed by atoms with Crippen molar-refractivity contribution >= 4 is 29.1 Å². The Morgan fingerprint density at radius 1 is 1.19 bits per heavy atom. The number of piperidine rings is 1. The van der Waals surface area contributed by atoms with Crippen LogP contribution < -0.4 is 16.8 Å². The highest BCUT2D eigenvalue weighted by Crippen LogP contribution is 2.33. The summed E-state index contributed by atoms with van der Waals surface area (Å²) in [5.74, 6) is -0.133. The van der Waals surface area contributed by atoms with Crippen LogP contribution in [-0.4, -0.2) is 33.2 Å². The van der Waals surface area contributed by atoms with Crippen LogP contribution in [0.2, 0.25) is 0 Å². The molecule has 0 aliphatic carbocycles. The average Bonchev–Trinajstić information content (AvgIpc) is 2.65. The Kier molecular flexibility index (Phi) is 5.25. The molecular weight excluding hydrogens is 344 g/mol. The average molecular weight is 368 g/mol. The lowest BCUT2D eigenvalue weighted by molar-refractivity contribution is -0.146. The first-order valence-corrected chi connectivity index (χ1v) is 8.90. The van der Waals surface area contributed by atoms with Gasteiger partial charge in [-0.2, -0.15) is 0 Å². The van der Waals surface area contributed by atoms with Gasteiger partial charge in [0.05, 0.1) is 17.9 Å². The molecule has 1 saturated heterocycles. The van der Waals surface area contributed by atoms with Crippen molar-refractivity contribution in [2.75, 3.05) is 23.3 Å². The Morgan fingerprint density at radius 3 is 2.63 bits per heavy atom. The molecule has 0 bridgehead atoms. The van der Waals surface area contributed by atoms with Crippen molar-refractivity contribution in [3.8, 4) is 0 Å². The van der Waals surface area contributed by atoms with Crippen molar-refractivity contribution in [1.29, 1.82) is 0 Å². The second-order valence-electron chi connectivity index (χ2n) is 7.05. The number of carbonyl (C=O) groups excluding carboxylic acids is 2. The molecule has 0 radical (unpaired) electrons. The highest BCUT2D eigenvalue weighted by atomic mass is 16.2. The van der Waals surface area contributed by atoms with Gasteiger partial charge >= 0.3 is 11.8 Å². The number of likely N-dealkylation sites (tertiary alicyclic amines) is 1. The van der Waals surface area contributed by atoms with E-state index in [1.165, 1.54) is 6.20 Å². The van der Waals surface area contributed by atoms with Crippen LogP contribution in [0.4, 0.5) is 17.3 Å². The van der Waals surface area contributed by atoms with E-state index in [9.17, 15) is 9.59 Å². The molecule has 0 aromatic carbocycles. The quantitative estimate of drug-likeness (QED) is 0.695. The van der Waals surface area contributed by atoms with Crippen molar-refractivity contribution in [2.24, 2.45) is 5.92 Å². The van der Waals surface area contributed by atoms with Crippen LogP contribution >= 0.6 is 0 Å². The monoisotopic (exact) mass is 368 g/mol. The number of hydrogen-bond acceptors (Lipinski definition) is 6. The number of carbonyl (C=O) groups is 2. The molecular formula is C19H24N6O2. The zero-order chi connectivity index (χ0) is 19.6. The first kappa shape index (κ1) is 18.6. The van der Waals surface area contributed by atoms with Crippen LogP contribution in [0.15, 0.2) is 30.6 Å². The molecule has 1 aliphatic rings. The number of rotatable bonds is 2. The maximum atomic E-state index is 12.9. The van der Waals surface area contributed by atoms with Crippen LogP contribution in [0.5, 0.6) is 0 Å². The minimum atomic E-state index is -0.691. The van der Waals surface area contributed by atoms with Crippen LogP contribution in [0.1, 0.15) is 36.9 Å². The van der Waals surface area contributed by atoms with Crippen molar-refractivity contribution in [2.45, 2.75) is 32.7 Å². The molecule has 3 rings (SSSR count). The predicted octanol–water partition coefficient (Wildman–Crippen LogP) is 1.89. The summed E-state index contributed by atoms with van der Waals surface area (Å²) in [4.78, 5) is 35.2. The van der Waals surface area contributed by atoms with E-state index in [-0.39, 0.29) is 6.04 Å². The Balaban J connectivity index is 1.79. The van der Waals surface area contributed by atoms with E-state index in [1.54, 1.807) is 30.2 Å². The van der Waals surface area contributed by atoms with E-state index < -0.39 is 11.8 Å². The van der Waals surface area contributed by atoms with Crippen molar-refractivity contribution in [1.82, 2.24) is 14.9 Å². The van der Waals surface area contributed by atoms with Gasteiger partial charge in [0.15, 0.2) is 0 Å². The van der Waals surface area contributed by atoms with Gasteiger partial charge in [-0.05, 0) is 48.9 Å². The van der Waals surface area contributed by atoms with Gasteiger partial charge in [0.1, 0.15) is 11.6 Å². The number of aryl methyl sites for hydroxylation is 1. The van der Waals surface area contributed by atoms with E-state index in [4.69, 9.17) is 11.5 Å². The van der Waals surface area contributed by atoms with Gasteiger partial charge in [-0.3, -0.25) is 9.59 Å². The Bertz CT molecular complexity index is 852. The first-order valence-electron chi connectivity index (χ1n) is 8.90. The second kappa shape index (κ2) is 7.61. The SMILES string of the molecule is Cc1cc(NC(=O)C(=O)N2C[C@@H](C)CC[C@@H]2c2ccc(N)nc2)cnc1N. The number of aromatic nitrogens is 2. The standard InChI is InChI=1S/C19H24N6O2/c1-11-3-5-15(13-4-6-16(20)22-8-13)25(10-11)19(27)18(26)24-14-7-12(2)17(21)23-9-14/h4,6-9,11,15H,3,5,10H2,1-2H3,(H2,20,22)(H2,21,23)(H,24,26)/t11-,15+/m0/s1. The fourth-order valence-corrected chi connectivity index (χ4v) is 3.31. The van der Waals surface area contributed by atoms with E-state index in [2.05, 4.69) is 22.2 Å². The zero-order valence-corrected chi connectivity index (χ0v) is 15.5. The summed E-state index contributed by atoms with van der Waals surface area (Å²) in [7, 11) is 0. The number of hydrogen-bond donors (Lipinski definition) is 3. The number of nitrogens with two attached hydrogens (primary N) is 2. The van der Waals surface area contributed by atoms with Gasteiger partial charge in [-0.15, -0.1) is 0 Å². The number of nitrogens with one attached hydrogen (secondary N) is 1. The summed E-state index contributed by atoms with van der Waals surface area (Å²) in [6, 6.07) is 5.06. The smallest absolute Gasteiger partial charge is 0.313 e. The lowest BCUT2D eigenvalue weighted by atomic mass is 9.90. The Hall–Kier alpha value is -3.16. The molecule has 8 nitrogen and oxygen atoms in total. The minimum absolute atomic E-state index is 0.196. The van der Waals surface area contributed by atoms with Gasteiger partial charge in [0, 0.05) is 12.7 Å². The van der Waals surface area contributed by atoms with Crippen molar-refractivity contribution in [3.05, 3.63) is 41.7 Å². The number of anilines is 3. The zero-order valence-electron chi connectivity index (χ0n) is 15.5. The van der Waals surface area contributed by atoms with Gasteiger partial charge in [0.2, 0.25) is 0 Å². The Labute approximate surface area is 158 Å². The number of amides is 2. The largest absolute Gasteiger partial charge is 0.384 e. The van der Waals surface area contributed by atoms with E-state index >= 15 is 0 Å². The maximum absolute atomic E-state index is 12.9. The van der Waals surface area contributed by atoms with Gasteiger partial charge in [-0.25, -0.2) is 9.97 Å². The lowest BCUT2D eigenvalue weighted by Gasteiger charge is -2.38. The third kappa shape index (κ3) is 4.16. The second-order valence-corrected chi connectivity index (χ2v) is 7.05. The highest BCUT2D eigenvalue weighted by molar-refractivity contribution is 6.39. The fraction of sp³-hybridized carbons (Fsp3) is 0.368. The number of nitrogens with zero attached hydrogens (tertiary/aromatic N) is 3. The van der Waals surface area contributed by atoms with E-state index in [0.29, 0.717) is 29.8 Å². The van der Waals surface area contributed by atoms with Gasteiger partial charge in [0.25, 0.3) is 0 Å². The summed E-state index contributed by atoms with van der Waals surface area (Å²) in [6.07, 6.45) is 4.85. The molecule has 27 heavy (non-hydrogen) atoms. The molecule has 142 valence electrons. The predicted molar refractivity (Wildman–Crippen MR) is 104 cm³/mol. The van der Waals surface area contributed by atoms with E-state index in [0.717, 1.165) is 24.0 Å². The fourth-order valence-electron chi connectivity index (χ4n) is 3.31. The maximum Gasteiger partial charge on any atom is 0.313 e. The summed E-state index contributed by atoms with van der Waals surface area (Å²) in [5.41, 5.74) is 13.4. The molecule has 2 amide bonds. The van der Waals surface area contributed by atoms with Crippen molar-refractivity contribution < 1.29 is 9.59 Å². The number of pyridine rings is 2. The molecule has 3 heterocycles. The lowest BCUT2D eigenvalue weighted by Crippen LogP contribution is -2.46. The molecule has 2 aromatic heterocycles. The summed E-state index contributed by atoms with van der Waals surface area (Å²) >= 11 is 0. The molecule has 2 aromatic rings. The van der Waals surface area contributed by atoms with E-state index in [1.807, 2.05) is 6.07 Å². The molecule has 2 atom stereocenters. The third-order valence-electron chi connectivity index (χ3n) is 4.84. The topological polar surface area (TPSA) is 127 Å². The molecule has 0 unspecified atom stereocenters. The van der Waals surface area contributed by atoms with Crippen molar-refractivity contribution in [3.63, 3.8) is 0 Å². The molecule has 0 spiro atoms. The summed E-state index contributed by atoms with van der Waals surface area (Å²) in [6.45, 7) is 4.37. The normalized spacial score (nSPS) is 19.6. The Morgan fingerprint density at radius 2 is 1.96 bits per heavy atom. The van der Waals surface area contributed by atoms with Gasteiger partial charge < -0.3 is 21.7 Å². The molecule has 5 N–H and O–H groups in total. The van der Waals surface area contributed by atoms with Crippen LogP contribution in [-0.2, 0) is 9.59 Å². The van der Waals surface area contributed by atoms with Crippen LogP contribution in [0.25, 0.3) is 0 Å². The number of nitrogen functional groups attached to an aromatic ring is 2. The molecule has 0 saturated carbocycles. The van der Waals surface area contributed by atoms with Crippen LogP contribution in [0, 0.1) is 12.8 Å².